The monoisotopic (exact) mass is 496 g/mol. The van der Waals surface area contributed by atoms with E-state index in [4.69, 9.17) is 4.74 Å². The van der Waals surface area contributed by atoms with Crippen molar-refractivity contribution in [3.63, 3.8) is 0 Å². The fourth-order valence-electron chi connectivity index (χ4n) is 3.69. The Balaban J connectivity index is 1.52. The van der Waals surface area contributed by atoms with Crippen LogP contribution < -0.4 is 20.9 Å². The molecule has 1 unspecified atom stereocenters. The summed E-state index contributed by atoms with van der Waals surface area (Å²) < 4.78 is 5.45. The molecule has 1 saturated heterocycles. The highest BCUT2D eigenvalue weighted by Crippen LogP contribution is 2.19. The number of rotatable bonds is 6. The Bertz CT molecular complexity index is 1030. The summed E-state index contributed by atoms with van der Waals surface area (Å²) in [7, 11) is 0. The van der Waals surface area contributed by atoms with Gasteiger partial charge in [-0.1, -0.05) is 32.0 Å². The number of para-hydroxylation sites is 1. The highest BCUT2D eigenvalue weighted by molar-refractivity contribution is 5.99. The van der Waals surface area contributed by atoms with Crippen LogP contribution in [0.3, 0.4) is 0 Å². The normalized spacial score (nSPS) is 14.7. The van der Waals surface area contributed by atoms with E-state index in [9.17, 15) is 14.4 Å². The molecule has 10 nitrogen and oxygen atoms in total. The van der Waals surface area contributed by atoms with Crippen LogP contribution in [-0.4, -0.2) is 65.7 Å². The Hall–Kier alpha value is -3.82. The fourth-order valence-corrected chi connectivity index (χ4v) is 3.69. The summed E-state index contributed by atoms with van der Waals surface area (Å²) in [5.41, 5.74) is 1.02. The van der Waals surface area contributed by atoms with Crippen molar-refractivity contribution in [3.8, 4) is 0 Å². The standard InChI is InChI=1S/C26H36N6O4/c1-18(2)22(30-24(34)28-19-9-7-6-8-10-19)23(33)29-21-12-11-20(17-27-21)31-13-15-32(16-14-31)25(35)36-26(3,4)5/h6-12,17-18,22H,13-16H2,1-5H3,(H,27,29,33)(H2,28,30,34). The van der Waals surface area contributed by atoms with Gasteiger partial charge in [-0.3, -0.25) is 4.79 Å². The van der Waals surface area contributed by atoms with Crippen LogP contribution in [0.4, 0.5) is 26.8 Å². The van der Waals surface area contributed by atoms with Gasteiger partial charge in [0.25, 0.3) is 0 Å². The number of benzene rings is 1. The summed E-state index contributed by atoms with van der Waals surface area (Å²) in [6.07, 6.45) is 1.39. The van der Waals surface area contributed by atoms with Gasteiger partial charge in [0.15, 0.2) is 0 Å². The van der Waals surface area contributed by atoms with Gasteiger partial charge >= 0.3 is 12.1 Å². The molecule has 1 aliphatic rings. The number of aromatic nitrogens is 1. The second kappa shape index (κ2) is 11.7. The van der Waals surface area contributed by atoms with Crippen LogP contribution in [0.1, 0.15) is 34.6 Å². The number of nitrogens with one attached hydrogen (secondary N) is 3. The molecule has 0 bridgehead atoms. The molecule has 3 N–H and O–H groups in total. The Morgan fingerprint density at radius 2 is 1.61 bits per heavy atom. The summed E-state index contributed by atoms with van der Waals surface area (Å²) in [5.74, 6) is -0.0847. The van der Waals surface area contributed by atoms with E-state index in [1.165, 1.54) is 0 Å². The molecule has 1 aromatic heterocycles. The van der Waals surface area contributed by atoms with Gasteiger partial charge in [0.1, 0.15) is 17.5 Å². The van der Waals surface area contributed by atoms with E-state index in [-0.39, 0.29) is 17.9 Å². The van der Waals surface area contributed by atoms with Crippen LogP contribution in [0.2, 0.25) is 0 Å². The van der Waals surface area contributed by atoms with Crippen LogP contribution >= 0.6 is 0 Å². The average Bonchev–Trinajstić information content (AvgIpc) is 2.82. The van der Waals surface area contributed by atoms with E-state index >= 15 is 0 Å². The lowest BCUT2D eigenvalue weighted by Crippen LogP contribution is -2.50. The molecule has 1 aromatic carbocycles. The number of piperazine rings is 1. The van der Waals surface area contributed by atoms with Gasteiger partial charge in [-0.25, -0.2) is 14.6 Å². The zero-order chi connectivity index (χ0) is 26.3. The molecule has 0 saturated carbocycles. The third kappa shape index (κ3) is 7.86. The molecule has 194 valence electrons. The second-order valence-electron chi connectivity index (χ2n) is 10.0. The lowest BCUT2D eigenvalue weighted by atomic mass is 10.0. The number of pyridine rings is 1. The summed E-state index contributed by atoms with van der Waals surface area (Å²) >= 11 is 0. The quantitative estimate of drug-likeness (QED) is 0.558. The van der Waals surface area contributed by atoms with E-state index in [0.29, 0.717) is 37.7 Å². The smallest absolute Gasteiger partial charge is 0.410 e. The summed E-state index contributed by atoms with van der Waals surface area (Å²) in [5, 5.41) is 8.25. The third-order valence-electron chi connectivity index (χ3n) is 5.56. The third-order valence-corrected chi connectivity index (χ3v) is 5.56. The predicted molar refractivity (Wildman–Crippen MR) is 140 cm³/mol. The lowest BCUT2D eigenvalue weighted by molar-refractivity contribution is -0.118. The minimum absolute atomic E-state index is 0.132. The molecule has 0 radical (unpaired) electrons. The van der Waals surface area contributed by atoms with Crippen LogP contribution in [0.15, 0.2) is 48.7 Å². The van der Waals surface area contributed by atoms with Gasteiger partial charge in [0.05, 0.1) is 11.9 Å². The highest BCUT2D eigenvalue weighted by atomic mass is 16.6. The first-order valence-electron chi connectivity index (χ1n) is 12.1. The Morgan fingerprint density at radius 3 is 2.17 bits per heavy atom. The van der Waals surface area contributed by atoms with E-state index in [1.54, 1.807) is 29.3 Å². The Morgan fingerprint density at radius 1 is 0.944 bits per heavy atom. The van der Waals surface area contributed by atoms with Gasteiger partial charge < -0.3 is 30.5 Å². The van der Waals surface area contributed by atoms with Crippen molar-refractivity contribution in [2.75, 3.05) is 41.7 Å². The number of urea groups is 1. The maximum absolute atomic E-state index is 12.9. The molecule has 2 aromatic rings. The van der Waals surface area contributed by atoms with Crippen LogP contribution in [-0.2, 0) is 9.53 Å². The van der Waals surface area contributed by atoms with Crippen molar-refractivity contribution in [3.05, 3.63) is 48.7 Å². The van der Waals surface area contributed by atoms with Gasteiger partial charge in [-0.15, -0.1) is 0 Å². The number of hydrogen-bond donors (Lipinski definition) is 3. The molecule has 1 aliphatic heterocycles. The molecule has 4 amide bonds. The average molecular weight is 497 g/mol. The molecule has 1 atom stereocenters. The van der Waals surface area contributed by atoms with E-state index in [2.05, 4.69) is 25.8 Å². The summed E-state index contributed by atoms with van der Waals surface area (Å²) in [6, 6.07) is 11.5. The van der Waals surface area contributed by atoms with E-state index < -0.39 is 17.7 Å². The Labute approximate surface area is 212 Å². The second-order valence-corrected chi connectivity index (χ2v) is 10.0. The number of nitrogens with zero attached hydrogens (tertiary/aromatic N) is 3. The molecule has 10 heteroatoms. The maximum atomic E-state index is 12.9. The zero-order valence-electron chi connectivity index (χ0n) is 21.6. The highest BCUT2D eigenvalue weighted by Gasteiger charge is 2.27. The van der Waals surface area contributed by atoms with Crippen molar-refractivity contribution >= 4 is 35.2 Å². The van der Waals surface area contributed by atoms with E-state index in [0.717, 1.165) is 5.69 Å². The molecule has 2 heterocycles. The number of carbonyl (C=O) groups is 3. The molecule has 3 rings (SSSR count). The lowest BCUT2D eigenvalue weighted by Gasteiger charge is -2.36. The SMILES string of the molecule is CC(C)C(NC(=O)Nc1ccccc1)C(=O)Nc1ccc(N2CCN(C(=O)OC(C)(C)C)CC2)cn1. The topological polar surface area (TPSA) is 116 Å². The van der Waals surface area contributed by atoms with Gasteiger partial charge in [0, 0.05) is 31.9 Å². The maximum Gasteiger partial charge on any atom is 0.410 e. The van der Waals surface area contributed by atoms with Crippen molar-refractivity contribution in [1.82, 2.24) is 15.2 Å². The Kier molecular flexibility index (Phi) is 8.73. The fraction of sp³-hybridized carbons (Fsp3) is 0.462. The minimum Gasteiger partial charge on any atom is -0.444 e. The first-order valence-corrected chi connectivity index (χ1v) is 12.1. The molecule has 0 spiro atoms. The summed E-state index contributed by atoms with van der Waals surface area (Å²) in [6.45, 7) is 11.7. The number of ether oxygens (including phenoxy) is 1. The number of carbonyl (C=O) groups excluding carboxylic acids is 3. The first-order chi connectivity index (χ1) is 17.0. The van der Waals surface area contributed by atoms with Crippen molar-refractivity contribution < 1.29 is 19.1 Å². The number of amides is 4. The zero-order valence-corrected chi connectivity index (χ0v) is 21.6. The summed E-state index contributed by atoms with van der Waals surface area (Å²) in [4.78, 5) is 45.7. The van der Waals surface area contributed by atoms with Crippen molar-refractivity contribution in [1.29, 1.82) is 0 Å². The van der Waals surface area contributed by atoms with Crippen molar-refractivity contribution in [2.24, 2.45) is 5.92 Å². The molecule has 1 fully saturated rings. The minimum atomic E-state index is -0.740. The van der Waals surface area contributed by atoms with Crippen LogP contribution in [0.25, 0.3) is 0 Å². The molecule has 36 heavy (non-hydrogen) atoms. The molecule has 0 aliphatic carbocycles. The van der Waals surface area contributed by atoms with Gasteiger partial charge in [-0.05, 0) is 51.0 Å². The van der Waals surface area contributed by atoms with Gasteiger partial charge in [0.2, 0.25) is 5.91 Å². The number of anilines is 3. The largest absolute Gasteiger partial charge is 0.444 e. The first kappa shape index (κ1) is 26.8. The van der Waals surface area contributed by atoms with E-state index in [1.807, 2.05) is 58.9 Å². The molecular weight excluding hydrogens is 460 g/mol. The van der Waals surface area contributed by atoms with Gasteiger partial charge in [-0.2, -0.15) is 0 Å². The molecular formula is C26H36N6O4. The predicted octanol–water partition coefficient (Wildman–Crippen LogP) is 3.92. The van der Waals surface area contributed by atoms with Crippen molar-refractivity contribution in [2.45, 2.75) is 46.3 Å². The van der Waals surface area contributed by atoms with Crippen LogP contribution in [0.5, 0.6) is 0 Å². The van der Waals surface area contributed by atoms with Crippen LogP contribution in [0, 0.1) is 5.92 Å². The number of hydrogen-bond acceptors (Lipinski definition) is 6.